The first-order valence-corrected chi connectivity index (χ1v) is 5.20. The molecule has 2 heterocycles. The highest BCUT2D eigenvalue weighted by Gasteiger charge is 2.13. The Morgan fingerprint density at radius 1 is 1.75 bits per heavy atom. The average molecular weight is 183 g/mol. The lowest BCUT2D eigenvalue weighted by molar-refractivity contribution is 0.633. The molecule has 0 spiro atoms. The van der Waals surface area contributed by atoms with Gasteiger partial charge in [-0.15, -0.1) is 11.3 Å². The minimum absolute atomic E-state index is 0.647. The molecule has 1 aliphatic heterocycles. The molecule has 1 aromatic rings. The van der Waals surface area contributed by atoms with Crippen molar-refractivity contribution < 1.29 is 0 Å². The number of hydrogen-bond donors (Lipinski definition) is 2. The van der Waals surface area contributed by atoms with Crippen LogP contribution in [-0.4, -0.2) is 24.1 Å². The fourth-order valence-electron chi connectivity index (χ4n) is 1.45. The Kier molecular flexibility index (Phi) is 2.58. The van der Waals surface area contributed by atoms with Gasteiger partial charge in [0.25, 0.3) is 0 Å². The second kappa shape index (κ2) is 3.87. The van der Waals surface area contributed by atoms with Crippen LogP contribution in [-0.2, 0) is 0 Å². The molecule has 1 fully saturated rings. The summed E-state index contributed by atoms with van der Waals surface area (Å²) < 4.78 is 0. The first-order chi connectivity index (χ1) is 5.95. The van der Waals surface area contributed by atoms with Crippen LogP contribution in [0.3, 0.4) is 0 Å². The van der Waals surface area contributed by atoms with Gasteiger partial charge in [0.15, 0.2) is 5.13 Å². The lowest BCUT2D eigenvalue weighted by atomic mass is 10.2. The molecule has 12 heavy (non-hydrogen) atoms. The number of aromatic nitrogens is 1. The predicted octanol–water partition coefficient (Wildman–Crippen LogP) is 1.31. The van der Waals surface area contributed by atoms with Gasteiger partial charge in [-0.1, -0.05) is 0 Å². The highest BCUT2D eigenvalue weighted by atomic mass is 32.1. The number of rotatable bonds is 3. The Morgan fingerprint density at radius 2 is 2.75 bits per heavy atom. The van der Waals surface area contributed by atoms with Crippen molar-refractivity contribution in [1.82, 2.24) is 10.3 Å². The van der Waals surface area contributed by atoms with Gasteiger partial charge < -0.3 is 10.6 Å². The van der Waals surface area contributed by atoms with Crippen molar-refractivity contribution in [3.8, 4) is 0 Å². The number of anilines is 1. The molecule has 1 aliphatic rings. The van der Waals surface area contributed by atoms with Crippen LogP contribution in [0.15, 0.2) is 11.6 Å². The summed E-state index contributed by atoms with van der Waals surface area (Å²) in [6.07, 6.45) is 4.43. The second-order valence-electron chi connectivity index (χ2n) is 3.01. The van der Waals surface area contributed by atoms with Crippen LogP contribution in [0, 0.1) is 0 Å². The van der Waals surface area contributed by atoms with Crippen LogP contribution in [0.4, 0.5) is 5.13 Å². The summed E-state index contributed by atoms with van der Waals surface area (Å²) in [6.45, 7) is 2.18. The third-order valence-electron chi connectivity index (χ3n) is 2.09. The van der Waals surface area contributed by atoms with Gasteiger partial charge in [-0.25, -0.2) is 4.98 Å². The van der Waals surface area contributed by atoms with Crippen molar-refractivity contribution in [1.29, 1.82) is 0 Å². The van der Waals surface area contributed by atoms with Crippen molar-refractivity contribution >= 4 is 16.5 Å². The molecule has 1 aromatic heterocycles. The summed E-state index contributed by atoms with van der Waals surface area (Å²) in [6, 6.07) is 0.647. The van der Waals surface area contributed by atoms with Gasteiger partial charge in [0.2, 0.25) is 0 Å². The molecule has 3 nitrogen and oxygen atoms in total. The standard InChI is InChI=1S/C8H13N3S/c1-2-7(9-3-1)6-11-8-10-4-5-12-8/h4-5,7,9H,1-3,6H2,(H,10,11)/t7-/m0/s1. The minimum Gasteiger partial charge on any atom is -0.360 e. The summed E-state index contributed by atoms with van der Waals surface area (Å²) in [4.78, 5) is 4.16. The molecule has 0 saturated carbocycles. The van der Waals surface area contributed by atoms with Crippen molar-refractivity contribution in [3.05, 3.63) is 11.6 Å². The highest BCUT2D eigenvalue weighted by molar-refractivity contribution is 7.13. The maximum atomic E-state index is 4.16. The van der Waals surface area contributed by atoms with Gasteiger partial charge in [0.1, 0.15) is 0 Å². The molecule has 0 bridgehead atoms. The number of thiazole rings is 1. The van der Waals surface area contributed by atoms with E-state index in [9.17, 15) is 0 Å². The van der Waals surface area contributed by atoms with E-state index in [1.54, 1.807) is 11.3 Å². The summed E-state index contributed by atoms with van der Waals surface area (Å²) >= 11 is 1.66. The topological polar surface area (TPSA) is 37.0 Å². The maximum Gasteiger partial charge on any atom is 0.182 e. The number of nitrogens with one attached hydrogen (secondary N) is 2. The van der Waals surface area contributed by atoms with Gasteiger partial charge in [0, 0.05) is 24.2 Å². The molecule has 0 amide bonds. The molecule has 1 atom stereocenters. The van der Waals surface area contributed by atoms with Gasteiger partial charge >= 0.3 is 0 Å². The quantitative estimate of drug-likeness (QED) is 0.742. The van der Waals surface area contributed by atoms with Crippen LogP contribution in [0.25, 0.3) is 0 Å². The Morgan fingerprint density at radius 3 is 3.42 bits per heavy atom. The Labute approximate surface area is 76.2 Å². The summed E-state index contributed by atoms with van der Waals surface area (Å²) in [5, 5.41) is 9.77. The van der Waals surface area contributed by atoms with Gasteiger partial charge in [0.05, 0.1) is 0 Å². The van der Waals surface area contributed by atoms with E-state index in [-0.39, 0.29) is 0 Å². The van der Waals surface area contributed by atoms with E-state index < -0.39 is 0 Å². The first-order valence-electron chi connectivity index (χ1n) is 4.32. The zero-order valence-corrected chi connectivity index (χ0v) is 7.73. The zero-order valence-electron chi connectivity index (χ0n) is 6.92. The minimum atomic E-state index is 0.647. The van der Waals surface area contributed by atoms with Crippen LogP contribution >= 0.6 is 11.3 Å². The Hall–Kier alpha value is -0.610. The number of hydrogen-bond acceptors (Lipinski definition) is 4. The monoisotopic (exact) mass is 183 g/mol. The van der Waals surface area contributed by atoms with Crippen LogP contribution in [0.5, 0.6) is 0 Å². The molecule has 0 unspecified atom stereocenters. The van der Waals surface area contributed by atoms with E-state index in [2.05, 4.69) is 15.6 Å². The van der Waals surface area contributed by atoms with E-state index in [4.69, 9.17) is 0 Å². The fourth-order valence-corrected chi connectivity index (χ4v) is 1.99. The molecule has 0 radical (unpaired) electrons. The SMILES string of the molecule is c1csc(NC[C@@H]2CCCN2)n1. The van der Waals surface area contributed by atoms with E-state index in [1.165, 1.54) is 19.4 Å². The number of nitrogens with zero attached hydrogens (tertiary/aromatic N) is 1. The molecule has 0 aliphatic carbocycles. The molecular formula is C8H13N3S. The van der Waals surface area contributed by atoms with Gasteiger partial charge in [-0.05, 0) is 19.4 Å². The highest BCUT2D eigenvalue weighted by Crippen LogP contribution is 2.11. The maximum absolute atomic E-state index is 4.16. The smallest absolute Gasteiger partial charge is 0.182 e. The predicted molar refractivity (Wildman–Crippen MR) is 51.6 cm³/mol. The summed E-state index contributed by atoms with van der Waals surface area (Å²) in [7, 11) is 0. The van der Waals surface area contributed by atoms with Crippen molar-refractivity contribution in [2.45, 2.75) is 18.9 Å². The molecule has 1 saturated heterocycles. The molecule has 4 heteroatoms. The third kappa shape index (κ3) is 1.95. The van der Waals surface area contributed by atoms with E-state index >= 15 is 0 Å². The van der Waals surface area contributed by atoms with Crippen LogP contribution in [0.2, 0.25) is 0 Å². The van der Waals surface area contributed by atoms with Crippen LogP contribution < -0.4 is 10.6 Å². The molecular weight excluding hydrogens is 170 g/mol. The lowest BCUT2D eigenvalue weighted by Gasteiger charge is -2.09. The molecule has 2 rings (SSSR count). The van der Waals surface area contributed by atoms with Gasteiger partial charge in [-0.3, -0.25) is 0 Å². The van der Waals surface area contributed by atoms with Crippen molar-refractivity contribution in [2.75, 3.05) is 18.4 Å². The Bertz CT molecular complexity index is 216. The third-order valence-corrected chi connectivity index (χ3v) is 2.83. The largest absolute Gasteiger partial charge is 0.360 e. The lowest BCUT2D eigenvalue weighted by Crippen LogP contribution is -2.29. The van der Waals surface area contributed by atoms with Crippen LogP contribution in [0.1, 0.15) is 12.8 Å². The first kappa shape index (κ1) is 8.01. The molecule has 0 aromatic carbocycles. The summed E-state index contributed by atoms with van der Waals surface area (Å²) in [5.41, 5.74) is 0. The fraction of sp³-hybridized carbons (Fsp3) is 0.625. The van der Waals surface area contributed by atoms with E-state index in [1.807, 2.05) is 11.6 Å². The van der Waals surface area contributed by atoms with Gasteiger partial charge in [-0.2, -0.15) is 0 Å². The van der Waals surface area contributed by atoms with E-state index in [0.717, 1.165) is 11.7 Å². The van der Waals surface area contributed by atoms with E-state index in [0.29, 0.717) is 6.04 Å². The molecule has 66 valence electrons. The average Bonchev–Trinajstić information content (AvgIpc) is 2.74. The molecule has 2 N–H and O–H groups in total. The van der Waals surface area contributed by atoms with Crippen molar-refractivity contribution in [2.24, 2.45) is 0 Å². The Balaban J connectivity index is 1.74. The second-order valence-corrected chi connectivity index (χ2v) is 3.91. The normalized spacial score (nSPS) is 22.8. The van der Waals surface area contributed by atoms with Crippen molar-refractivity contribution in [3.63, 3.8) is 0 Å². The summed E-state index contributed by atoms with van der Waals surface area (Å²) in [5.74, 6) is 0. The zero-order chi connectivity index (χ0) is 8.23.